The summed E-state index contributed by atoms with van der Waals surface area (Å²) in [7, 11) is 0. The molecule has 0 saturated carbocycles. The maximum absolute atomic E-state index is 13.4. The van der Waals surface area contributed by atoms with E-state index in [-0.39, 0.29) is 12.0 Å². The molecular formula is C23H24N2O2S. The zero-order chi connectivity index (χ0) is 19.3. The molecular weight excluding hydrogens is 368 g/mol. The van der Waals surface area contributed by atoms with Crippen LogP contribution in [-0.4, -0.2) is 35.0 Å². The van der Waals surface area contributed by atoms with E-state index in [0.717, 1.165) is 46.0 Å². The van der Waals surface area contributed by atoms with E-state index in [2.05, 4.69) is 24.0 Å². The van der Waals surface area contributed by atoms with Gasteiger partial charge in [0.25, 0.3) is 5.91 Å². The Morgan fingerprint density at radius 2 is 2.04 bits per heavy atom. The van der Waals surface area contributed by atoms with Gasteiger partial charge in [-0.15, -0.1) is 11.3 Å². The molecule has 28 heavy (non-hydrogen) atoms. The minimum Gasteiger partial charge on any atom is -0.376 e. The number of nitrogens with zero attached hydrogens (tertiary/aromatic N) is 2. The molecule has 1 aliphatic heterocycles. The molecule has 0 N–H and O–H groups in total. The molecule has 3 heterocycles. The van der Waals surface area contributed by atoms with Crippen molar-refractivity contribution in [2.75, 3.05) is 13.2 Å². The van der Waals surface area contributed by atoms with Crippen LogP contribution in [0.4, 0.5) is 0 Å². The highest BCUT2D eigenvalue weighted by Gasteiger charge is 2.25. The highest BCUT2D eigenvalue weighted by atomic mass is 32.1. The van der Waals surface area contributed by atoms with Crippen LogP contribution in [-0.2, 0) is 11.3 Å². The molecule has 1 atom stereocenters. The summed E-state index contributed by atoms with van der Waals surface area (Å²) >= 11 is 1.57. The molecule has 0 spiro atoms. The molecule has 5 heteroatoms. The first-order chi connectivity index (χ1) is 13.7. The Morgan fingerprint density at radius 1 is 1.21 bits per heavy atom. The van der Waals surface area contributed by atoms with Crippen LogP contribution in [0.3, 0.4) is 0 Å². The molecule has 4 nitrogen and oxygen atoms in total. The summed E-state index contributed by atoms with van der Waals surface area (Å²) < 4.78 is 5.79. The Hall–Kier alpha value is -2.50. The standard InChI is InChI=1S/C23H24N2O2S/c1-17-14-21(28-22(17)18-8-3-2-4-9-18)23(26)25(16-20-11-7-13-27-20)15-19-10-5-6-12-24-19/h2-6,8-10,12,14,20H,7,11,13,15-16H2,1H3. The Bertz CT molecular complexity index is 918. The van der Waals surface area contributed by atoms with Crippen LogP contribution in [0.5, 0.6) is 0 Å². The van der Waals surface area contributed by atoms with E-state index in [1.165, 1.54) is 0 Å². The van der Waals surface area contributed by atoms with Crippen LogP contribution in [0.1, 0.15) is 33.8 Å². The first-order valence-corrected chi connectivity index (χ1v) is 10.5. The largest absolute Gasteiger partial charge is 0.376 e. The molecule has 1 saturated heterocycles. The highest BCUT2D eigenvalue weighted by molar-refractivity contribution is 7.17. The lowest BCUT2D eigenvalue weighted by Gasteiger charge is -2.24. The fourth-order valence-corrected chi connectivity index (χ4v) is 4.71. The highest BCUT2D eigenvalue weighted by Crippen LogP contribution is 2.33. The molecule has 1 amide bonds. The third-order valence-electron chi connectivity index (χ3n) is 4.98. The van der Waals surface area contributed by atoms with E-state index < -0.39 is 0 Å². The van der Waals surface area contributed by atoms with Crippen molar-refractivity contribution in [2.24, 2.45) is 0 Å². The Morgan fingerprint density at radius 3 is 2.75 bits per heavy atom. The van der Waals surface area contributed by atoms with Gasteiger partial charge in [-0.1, -0.05) is 36.4 Å². The van der Waals surface area contributed by atoms with Crippen molar-refractivity contribution < 1.29 is 9.53 Å². The normalized spacial score (nSPS) is 16.2. The zero-order valence-corrected chi connectivity index (χ0v) is 16.8. The lowest BCUT2D eigenvalue weighted by Crippen LogP contribution is -2.36. The second-order valence-electron chi connectivity index (χ2n) is 7.13. The Balaban J connectivity index is 1.59. The van der Waals surface area contributed by atoms with Gasteiger partial charge in [-0.2, -0.15) is 0 Å². The van der Waals surface area contributed by atoms with Crippen molar-refractivity contribution >= 4 is 17.2 Å². The molecule has 3 aromatic rings. The van der Waals surface area contributed by atoms with Gasteiger partial charge >= 0.3 is 0 Å². The summed E-state index contributed by atoms with van der Waals surface area (Å²) in [6, 6.07) is 18.1. The molecule has 4 rings (SSSR count). The van der Waals surface area contributed by atoms with Crippen LogP contribution >= 0.6 is 11.3 Å². The van der Waals surface area contributed by atoms with Crippen molar-refractivity contribution in [2.45, 2.75) is 32.4 Å². The summed E-state index contributed by atoms with van der Waals surface area (Å²) in [4.78, 5) is 21.6. The summed E-state index contributed by atoms with van der Waals surface area (Å²) in [6.45, 7) is 3.95. The Labute approximate surface area is 169 Å². The van der Waals surface area contributed by atoms with E-state index in [9.17, 15) is 4.79 Å². The average Bonchev–Trinajstić information content (AvgIpc) is 3.38. The van der Waals surface area contributed by atoms with Gasteiger partial charge in [-0.05, 0) is 49.1 Å². The van der Waals surface area contributed by atoms with Crippen molar-refractivity contribution in [1.82, 2.24) is 9.88 Å². The van der Waals surface area contributed by atoms with Gasteiger partial charge in [0.1, 0.15) is 0 Å². The molecule has 0 radical (unpaired) electrons. The molecule has 0 bridgehead atoms. The molecule has 0 aliphatic carbocycles. The smallest absolute Gasteiger partial charge is 0.264 e. The quantitative estimate of drug-likeness (QED) is 0.597. The van der Waals surface area contributed by atoms with Gasteiger partial charge in [0.05, 0.1) is 23.2 Å². The number of hydrogen-bond acceptors (Lipinski definition) is 4. The molecule has 144 valence electrons. The van der Waals surface area contributed by atoms with Crippen molar-refractivity contribution in [3.8, 4) is 10.4 Å². The van der Waals surface area contributed by atoms with Gasteiger partial charge in [0.2, 0.25) is 0 Å². The van der Waals surface area contributed by atoms with Crippen LogP contribution in [0.2, 0.25) is 0 Å². The van der Waals surface area contributed by atoms with E-state index in [0.29, 0.717) is 13.1 Å². The first-order valence-electron chi connectivity index (χ1n) is 9.67. The fraction of sp³-hybridized carbons (Fsp3) is 0.304. The second kappa shape index (κ2) is 8.67. The number of benzene rings is 1. The average molecular weight is 393 g/mol. The number of aromatic nitrogens is 1. The number of amides is 1. The molecule has 2 aromatic heterocycles. The van der Waals surface area contributed by atoms with Gasteiger partial charge < -0.3 is 9.64 Å². The molecule has 1 unspecified atom stereocenters. The van der Waals surface area contributed by atoms with Gasteiger partial charge in [-0.25, -0.2) is 0 Å². The topological polar surface area (TPSA) is 42.4 Å². The number of ether oxygens (including phenoxy) is 1. The van der Waals surface area contributed by atoms with E-state index in [1.807, 2.05) is 47.4 Å². The third-order valence-corrected chi connectivity index (χ3v) is 6.25. The van der Waals surface area contributed by atoms with E-state index in [4.69, 9.17) is 4.74 Å². The maximum Gasteiger partial charge on any atom is 0.264 e. The van der Waals surface area contributed by atoms with Crippen LogP contribution in [0, 0.1) is 6.92 Å². The summed E-state index contributed by atoms with van der Waals surface area (Å²) in [5.74, 6) is 0.0523. The lowest BCUT2D eigenvalue weighted by molar-refractivity contribution is 0.0508. The van der Waals surface area contributed by atoms with Crippen LogP contribution < -0.4 is 0 Å². The van der Waals surface area contributed by atoms with E-state index in [1.54, 1.807) is 17.5 Å². The maximum atomic E-state index is 13.4. The number of rotatable bonds is 6. The van der Waals surface area contributed by atoms with Crippen molar-refractivity contribution in [1.29, 1.82) is 0 Å². The lowest BCUT2D eigenvalue weighted by atomic mass is 10.1. The van der Waals surface area contributed by atoms with Gasteiger partial charge in [0.15, 0.2) is 0 Å². The summed E-state index contributed by atoms with van der Waals surface area (Å²) in [5, 5.41) is 0. The zero-order valence-electron chi connectivity index (χ0n) is 16.0. The molecule has 1 fully saturated rings. The Kier molecular flexibility index (Phi) is 5.84. The van der Waals surface area contributed by atoms with Gasteiger partial charge in [-0.3, -0.25) is 9.78 Å². The monoisotopic (exact) mass is 392 g/mol. The second-order valence-corrected chi connectivity index (χ2v) is 8.18. The fourth-order valence-electron chi connectivity index (χ4n) is 3.56. The molecule has 1 aliphatic rings. The number of carbonyl (C=O) groups is 1. The summed E-state index contributed by atoms with van der Waals surface area (Å²) in [5.41, 5.74) is 3.18. The van der Waals surface area contributed by atoms with Crippen molar-refractivity contribution in [3.05, 3.63) is 76.9 Å². The summed E-state index contributed by atoms with van der Waals surface area (Å²) in [6.07, 6.45) is 3.95. The minimum atomic E-state index is 0.0523. The number of aryl methyl sites for hydroxylation is 1. The van der Waals surface area contributed by atoms with E-state index >= 15 is 0 Å². The predicted octanol–water partition coefficient (Wildman–Crippen LogP) is 4.94. The molecule has 1 aromatic carbocycles. The number of thiophene rings is 1. The third kappa shape index (κ3) is 4.32. The predicted molar refractivity (Wildman–Crippen MR) is 112 cm³/mol. The van der Waals surface area contributed by atoms with Crippen molar-refractivity contribution in [3.63, 3.8) is 0 Å². The number of carbonyl (C=O) groups excluding carboxylic acids is 1. The first kappa shape index (κ1) is 18.8. The van der Waals surface area contributed by atoms with Crippen LogP contribution in [0.15, 0.2) is 60.8 Å². The number of hydrogen-bond donors (Lipinski definition) is 0. The minimum absolute atomic E-state index is 0.0523. The number of pyridine rings is 1. The van der Waals surface area contributed by atoms with Crippen LogP contribution in [0.25, 0.3) is 10.4 Å². The SMILES string of the molecule is Cc1cc(C(=O)N(Cc2ccccn2)CC2CCCO2)sc1-c1ccccc1. The van der Waals surface area contributed by atoms with Gasteiger partial charge in [0, 0.05) is 24.2 Å².